The number of halogens is 1. The lowest BCUT2D eigenvalue weighted by Gasteiger charge is -1.98. The lowest BCUT2D eigenvalue weighted by molar-refractivity contribution is 1.21. The topological polar surface area (TPSA) is 25.8 Å². The van der Waals surface area contributed by atoms with Gasteiger partial charge in [0.1, 0.15) is 5.15 Å². The predicted octanol–water partition coefficient (Wildman–Crippen LogP) is 2.80. The van der Waals surface area contributed by atoms with Gasteiger partial charge in [-0.2, -0.15) is 0 Å². The van der Waals surface area contributed by atoms with Crippen LogP contribution in [0.3, 0.4) is 0 Å². The van der Waals surface area contributed by atoms with E-state index in [1.165, 1.54) is 0 Å². The fraction of sp³-hybridized carbons (Fsp3) is 0. The molecule has 1 aromatic carbocycles. The second kappa shape index (κ2) is 3.54. The first-order chi connectivity index (χ1) is 6.36. The highest BCUT2D eigenvalue weighted by Gasteiger charge is 1.97. The van der Waals surface area contributed by atoms with Crippen LogP contribution < -0.4 is 0 Å². The molecule has 1 aromatic heterocycles. The highest BCUT2D eigenvalue weighted by molar-refractivity contribution is 6.29. The summed E-state index contributed by atoms with van der Waals surface area (Å²) >= 11 is 5.63. The van der Waals surface area contributed by atoms with Gasteiger partial charge in [-0.25, -0.2) is 4.98 Å². The van der Waals surface area contributed by atoms with Crippen molar-refractivity contribution in [3.63, 3.8) is 0 Å². The standard InChI is InChI=1S/C10H7ClN2/c11-10-7-12-9(6-13-10)8-4-2-1-3-5-8/h1-7H. The third-order valence-corrected chi connectivity index (χ3v) is 1.89. The fourth-order valence-electron chi connectivity index (χ4n) is 1.07. The van der Waals surface area contributed by atoms with Gasteiger partial charge in [-0.15, -0.1) is 0 Å². The molecule has 0 saturated carbocycles. The molecule has 0 aliphatic carbocycles. The van der Waals surface area contributed by atoms with E-state index >= 15 is 0 Å². The van der Waals surface area contributed by atoms with Crippen LogP contribution in [0.4, 0.5) is 0 Å². The van der Waals surface area contributed by atoms with Crippen molar-refractivity contribution in [3.8, 4) is 11.3 Å². The average Bonchev–Trinajstić information content (AvgIpc) is 2.20. The zero-order valence-electron chi connectivity index (χ0n) is 6.81. The van der Waals surface area contributed by atoms with Crippen molar-refractivity contribution < 1.29 is 0 Å². The van der Waals surface area contributed by atoms with Crippen LogP contribution in [0.5, 0.6) is 0 Å². The van der Waals surface area contributed by atoms with E-state index in [9.17, 15) is 0 Å². The molecule has 0 saturated heterocycles. The summed E-state index contributed by atoms with van der Waals surface area (Å²) in [6, 6.07) is 9.86. The van der Waals surface area contributed by atoms with E-state index < -0.39 is 0 Å². The molecule has 0 fully saturated rings. The van der Waals surface area contributed by atoms with Crippen LogP contribution in [0.15, 0.2) is 42.7 Å². The monoisotopic (exact) mass is 190 g/mol. The Labute approximate surface area is 81.2 Å². The molecule has 1 heterocycles. The third-order valence-electron chi connectivity index (χ3n) is 1.69. The quantitative estimate of drug-likeness (QED) is 0.691. The Balaban J connectivity index is 2.42. The summed E-state index contributed by atoms with van der Waals surface area (Å²) in [4.78, 5) is 8.11. The van der Waals surface area contributed by atoms with Crippen molar-refractivity contribution in [3.05, 3.63) is 47.9 Å². The summed E-state index contributed by atoms with van der Waals surface area (Å²) in [6.45, 7) is 0. The van der Waals surface area contributed by atoms with Crippen LogP contribution in [0.1, 0.15) is 0 Å². The van der Waals surface area contributed by atoms with Gasteiger partial charge in [0.15, 0.2) is 0 Å². The number of hydrogen-bond donors (Lipinski definition) is 0. The molecular formula is C10H7ClN2. The van der Waals surface area contributed by atoms with Gasteiger partial charge in [-0.1, -0.05) is 41.9 Å². The molecule has 0 atom stereocenters. The van der Waals surface area contributed by atoms with Gasteiger partial charge in [0, 0.05) is 5.56 Å². The smallest absolute Gasteiger partial charge is 0.147 e. The van der Waals surface area contributed by atoms with Gasteiger partial charge in [0.25, 0.3) is 0 Å². The first-order valence-corrected chi connectivity index (χ1v) is 4.27. The molecule has 2 aromatic rings. The van der Waals surface area contributed by atoms with E-state index in [2.05, 4.69) is 9.97 Å². The van der Waals surface area contributed by atoms with Crippen molar-refractivity contribution in [2.24, 2.45) is 0 Å². The van der Waals surface area contributed by atoms with E-state index in [1.807, 2.05) is 30.3 Å². The van der Waals surface area contributed by atoms with Crippen molar-refractivity contribution in [2.75, 3.05) is 0 Å². The van der Waals surface area contributed by atoms with Gasteiger partial charge in [0.2, 0.25) is 0 Å². The fourth-order valence-corrected chi connectivity index (χ4v) is 1.17. The van der Waals surface area contributed by atoms with Gasteiger partial charge >= 0.3 is 0 Å². The van der Waals surface area contributed by atoms with E-state index in [1.54, 1.807) is 12.4 Å². The largest absolute Gasteiger partial charge is 0.251 e. The van der Waals surface area contributed by atoms with Crippen molar-refractivity contribution in [1.29, 1.82) is 0 Å². The maximum absolute atomic E-state index is 5.63. The summed E-state index contributed by atoms with van der Waals surface area (Å²) in [5.41, 5.74) is 1.89. The minimum absolute atomic E-state index is 0.416. The van der Waals surface area contributed by atoms with Gasteiger partial charge in [0.05, 0.1) is 18.1 Å². The number of nitrogens with zero attached hydrogens (tertiary/aromatic N) is 2. The molecule has 64 valence electrons. The third kappa shape index (κ3) is 1.84. The second-order valence-corrected chi connectivity index (χ2v) is 2.98. The molecule has 0 aliphatic rings. The van der Waals surface area contributed by atoms with Gasteiger partial charge in [-0.05, 0) is 0 Å². The molecule has 2 rings (SSSR count). The first-order valence-electron chi connectivity index (χ1n) is 3.89. The number of rotatable bonds is 1. The highest BCUT2D eigenvalue weighted by Crippen LogP contribution is 2.15. The molecule has 0 unspecified atom stereocenters. The minimum atomic E-state index is 0.416. The van der Waals surface area contributed by atoms with E-state index in [0.717, 1.165) is 11.3 Å². The van der Waals surface area contributed by atoms with Crippen LogP contribution in [-0.2, 0) is 0 Å². The Hall–Kier alpha value is -1.41. The molecular weight excluding hydrogens is 184 g/mol. The van der Waals surface area contributed by atoms with Crippen LogP contribution in [0.2, 0.25) is 5.15 Å². The van der Waals surface area contributed by atoms with E-state index in [-0.39, 0.29) is 0 Å². The zero-order chi connectivity index (χ0) is 9.10. The number of hydrogen-bond acceptors (Lipinski definition) is 2. The average molecular weight is 191 g/mol. The van der Waals surface area contributed by atoms with Crippen LogP contribution in [-0.4, -0.2) is 9.97 Å². The van der Waals surface area contributed by atoms with Gasteiger partial charge < -0.3 is 0 Å². The molecule has 0 radical (unpaired) electrons. The Kier molecular flexibility index (Phi) is 2.23. The van der Waals surface area contributed by atoms with Crippen LogP contribution in [0, 0.1) is 0 Å². The lowest BCUT2D eigenvalue weighted by Crippen LogP contribution is -1.84. The molecule has 0 spiro atoms. The molecule has 3 heteroatoms. The minimum Gasteiger partial charge on any atom is -0.251 e. The second-order valence-electron chi connectivity index (χ2n) is 2.59. The summed E-state index contributed by atoms with van der Waals surface area (Å²) in [5, 5.41) is 0.416. The number of aromatic nitrogens is 2. The van der Waals surface area contributed by atoms with Crippen molar-refractivity contribution in [2.45, 2.75) is 0 Å². The zero-order valence-corrected chi connectivity index (χ0v) is 7.57. The molecule has 0 aliphatic heterocycles. The Morgan fingerprint density at radius 2 is 1.69 bits per heavy atom. The Morgan fingerprint density at radius 3 is 2.31 bits per heavy atom. The maximum Gasteiger partial charge on any atom is 0.147 e. The number of benzene rings is 1. The van der Waals surface area contributed by atoms with Crippen molar-refractivity contribution in [1.82, 2.24) is 9.97 Å². The van der Waals surface area contributed by atoms with Gasteiger partial charge in [-0.3, -0.25) is 4.98 Å². The maximum atomic E-state index is 5.63. The molecule has 0 N–H and O–H groups in total. The summed E-state index contributed by atoms with van der Waals surface area (Å²) in [6.07, 6.45) is 3.21. The molecule has 0 bridgehead atoms. The van der Waals surface area contributed by atoms with Crippen molar-refractivity contribution >= 4 is 11.6 Å². The van der Waals surface area contributed by atoms with E-state index in [0.29, 0.717) is 5.15 Å². The Bertz CT molecular complexity index is 383. The predicted molar refractivity (Wildman–Crippen MR) is 52.5 cm³/mol. The molecule has 0 amide bonds. The van der Waals surface area contributed by atoms with Crippen LogP contribution >= 0.6 is 11.6 Å². The van der Waals surface area contributed by atoms with E-state index in [4.69, 9.17) is 11.6 Å². The summed E-state index contributed by atoms with van der Waals surface area (Å²) in [7, 11) is 0. The summed E-state index contributed by atoms with van der Waals surface area (Å²) in [5.74, 6) is 0. The highest BCUT2D eigenvalue weighted by atomic mass is 35.5. The lowest BCUT2D eigenvalue weighted by atomic mass is 10.2. The molecule has 2 nitrogen and oxygen atoms in total. The normalized spacial score (nSPS) is 9.92. The summed E-state index contributed by atoms with van der Waals surface area (Å²) < 4.78 is 0. The SMILES string of the molecule is Clc1cnc(-c2ccccc2)cn1. The molecule has 13 heavy (non-hydrogen) atoms. The first kappa shape index (κ1) is 8.20. The van der Waals surface area contributed by atoms with Crippen LogP contribution in [0.25, 0.3) is 11.3 Å². The Morgan fingerprint density at radius 1 is 0.923 bits per heavy atom.